The Morgan fingerprint density at radius 3 is 2.59 bits per heavy atom. The van der Waals surface area contributed by atoms with Gasteiger partial charge in [-0.15, -0.1) is 0 Å². The lowest BCUT2D eigenvalue weighted by Gasteiger charge is -2.27. The highest BCUT2D eigenvalue weighted by molar-refractivity contribution is 6.31. The van der Waals surface area contributed by atoms with Gasteiger partial charge in [0, 0.05) is 5.02 Å². The Hall–Kier alpha value is -2.20. The fraction of sp³-hybridized carbons (Fsp3) is 0.235. The van der Waals surface area contributed by atoms with Gasteiger partial charge in [-0.1, -0.05) is 17.7 Å². The van der Waals surface area contributed by atoms with Gasteiger partial charge >= 0.3 is 0 Å². The summed E-state index contributed by atoms with van der Waals surface area (Å²) in [5, 5.41) is 0.536. The molecule has 2 heterocycles. The van der Waals surface area contributed by atoms with Gasteiger partial charge < -0.3 is 14.2 Å². The largest absolute Gasteiger partial charge is 0.486 e. The van der Waals surface area contributed by atoms with Crippen molar-refractivity contribution in [1.82, 2.24) is 0 Å². The molecule has 22 heavy (non-hydrogen) atoms. The summed E-state index contributed by atoms with van der Waals surface area (Å²) in [6, 6.07) is 10.8. The van der Waals surface area contributed by atoms with Gasteiger partial charge in [-0.2, -0.15) is 0 Å². The highest BCUT2D eigenvalue weighted by Crippen LogP contribution is 2.39. The molecule has 0 fully saturated rings. The second kappa shape index (κ2) is 5.21. The summed E-state index contributed by atoms with van der Waals surface area (Å²) in [5.74, 6) is 2.02. The first-order valence-electron chi connectivity index (χ1n) is 7.10. The molecule has 0 unspecified atom stereocenters. The monoisotopic (exact) mass is 316 g/mol. The predicted octanol–water partition coefficient (Wildman–Crippen LogP) is 3.82. The van der Waals surface area contributed by atoms with Crippen molar-refractivity contribution in [3.8, 4) is 17.2 Å². The van der Waals surface area contributed by atoms with E-state index < -0.39 is 0 Å². The third-order valence-electron chi connectivity index (χ3n) is 3.82. The van der Waals surface area contributed by atoms with Crippen molar-refractivity contribution >= 4 is 17.4 Å². The van der Waals surface area contributed by atoms with E-state index in [9.17, 15) is 4.79 Å². The summed E-state index contributed by atoms with van der Waals surface area (Å²) in [5.41, 5.74) is 1.44. The number of carbonyl (C=O) groups is 1. The van der Waals surface area contributed by atoms with Crippen molar-refractivity contribution in [2.75, 3.05) is 13.2 Å². The number of hydrogen-bond donors (Lipinski definition) is 0. The maximum absolute atomic E-state index is 12.3. The molecule has 4 nitrogen and oxygen atoms in total. The molecule has 1 atom stereocenters. The van der Waals surface area contributed by atoms with Crippen molar-refractivity contribution in [2.45, 2.75) is 12.5 Å². The summed E-state index contributed by atoms with van der Waals surface area (Å²) in [7, 11) is 0. The molecule has 0 saturated heterocycles. The van der Waals surface area contributed by atoms with E-state index in [1.165, 1.54) is 0 Å². The number of fused-ring (bicyclic) bond motifs is 2. The SMILES string of the molecule is O=C1C[C@@H](c2ccc3c(c2)OCCO3)Oc2ccc(Cl)cc21. The fourth-order valence-electron chi connectivity index (χ4n) is 2.74. The number of Topliss-reactive ketones (excluding diaryl/α,β-unsaturated/α-hetero) is 1. The minimum atomic E-state index is -0.322. The van der Waals surface area contributed by atoms with Crippen LogP contribution in [0.3, 0.4) is 0 Å². The molecule has 0 amide bonds. The minimum Gasteiger partial charge on any atom is -0.486 e. The molecule has 2 aliphatic rings. The molecule has 2 aromatic rings. The van der Waals surface area contributed by atoms with Gasteiger partial charge in [-0.3, -0.25) is 4.79 Å². The van der Waals surface area contributed by atoms with Crippen molar-refractivity contribution in [2.24, 2.45) is 0 Å². The molecule has 2 aromatic carbocycles. The molecule has 4 rings (SSSR count). The number of benzene rings is 2. The van der Waals surface area contributed by atoms with Crippen LogP contribution in [0.2, 0.25) is 5.02 Å². The van der Waals surface area contributed by atoms with Crippen LogP contribution in [0.25, 0.3) is 0 Å². The molecule has 0 bridgehead atoms. The molecule has 112 valence electrons. The highest BCUT2D eigenvalue weighted by atomic mass is 35.5. The Bertz CT molecular complexity index is 756. The molecule has 0 N–H and O–H groups in total. The van der Waals surface area contributed by atoms with Crippen molar-refractivity contribution < 1.29 is 19.0 Å². The maximum Gasteiger partial charge on any atom is 0.170 e. The van der Waals surface area contributed by atoms with Crippen LogP contribution >= 0.6 is 11.6 Å². The molecule has 0 radical (unpaired) electrons. The summed E-state index contributed by atoms with van der Waals surface area (Å²) in [6.45, 7) is 1.08. The lowest BCUT2D eigenvalue weighted by Crippen LogP contribution is -2.21. The van der Waals surface area contributed by atoms with E-state index in [0.717, 1.165) is 11.3 Å². The number of ketones is 1. The van der Waals surface area contributed by atoms with Crippen LogP contribution < -0.4 is 14.2 Å². The lowest BCUT2D eigenvalue weighted by molar-refractivity contribution is 0.0849. The zero-order valence-corrected chi connectivity index (χ0v) is 12.4. The van der Waals surface area contributed by atoms with Gasteiger partial charge in [0.2, 0.25) is 0 Å². The Labute approximate surface area is 132 Å². The Morgan fingerprint density at radius 2 is 1.73 bits per heavy atom. The van der Waals surface area contributed by atoms with Crippen LogP contribution in [-0.2, 0) is 0 Å². The number of carbonyl (C=O) groups excluding carboxylic acids is 1. The Balaban J connectivity index is 1.67. The van der Waals surface area contributed by atoms with Crippen LogP contribution in [0.15, 0.2) is 36.4 Å². The van der Waals surface area contributed by atoms with Crippen LogP contribution in [0, 0.1) is 0 Å². The lowest BCUT2D eigenvalue weighted by atomic mass is 9.96. The molecular formula is C17H13ClO4. The zero-order valence-electron chi connectivity index (χ0n) is 11.7. The molecule has 0 aliphatic carbocycles. The Morgan fingerprint density at radius 1 is 0.955 bits per heavy atom. The average Bonchev–Trinajstić information content (AvgIpc) is 2.55. The van der Waals surface area contributed by atoms with Gasteiger partial charge in [-0.05, 0) is 35.9 Å². The average molecular weight is 317 g/mol. The fourth-order valence-corrected chi connectivity index (χ4v) is 2.91. The minimum absolute atomic E-state index is 0.0311. The molecule has 0 saturated carbocycles. The van der Waals surface area contributed by atoms with Gasteiger partial charge in [0.1, 0.15) is 25.1 Å². The number of rotatable bonds is 1. The van der Waals surface area contributed by atoms with Gasteiger partial charge in [0.05, 0.1) is 12.0 Å². The quantitative estimate of drug-likeness (QED) is 0.802. The van der Waals surface area contributed by atoms with E-state index >= 15 is 0 Å². The van der Waals surface area contributed by atoms with Crippen molar-refractivity contribution in [3.63, 3.8) is 0 Å². The summed E-state index contributed by atoms with van der Waals surface area (Å²) in [4.78, 5) is 12.3. The molecular weight excluding hydrogens is 304 g/mol. The summed E-state index contributed by atoms with van der Waals surface area (Å²) in [6.07, 6.45) is -0.0375. The number of halogens is 1. The van der Waals surface area contributed by atoms with E-state index in [4.69, 9.17) is 25.8 Å². The van der Waals surface area contributed by atoms with Crippen LogP contribution in [-0.4, -0.2) is 19.0 Å². The van der Waals surface area contributed by atoms with Gasteiger partial charge in [0.15, 0.2) is 17.3 Å². The smallest absolute Gasteiger partial charge is 0.170 e. The first-order valence-corrected chi connectivity index (χ1v) is 7.47. The second-order valence-electron chi connectivity index (χ2n) is 5.28. The highest BCUT2D eigenvalue weighted by Gasteiger charge is 2.28. The summed E-state index contributed by atoms with van der Waals surface area (Å²) < 4.78 is 17.1. The van der Waals surface area contributed by atoms with E-state index in [0.29, 0.717) is 35.3 Å². The van der Waals surface area contributed by atoms with E-state index in [1.54, 1.807) is 18.2 Å². The molecule has 5 heteroatoms. The summed E-state index contributed by atoms with van der Waals surface area (Å²) >= 11 is 5.94. The van der Waals surface area contributed by atoms with Gasteiger partial charge in [0.25, 0.3) is 0 Å². The van der Waals surface area contributed by atoms with E-state index in [2.05, 4.69) is 0 Å². The van der Waals surface area contributed by atoms with E-state index in [1.807, 2.05) is 18.2 Å². The van der Waals surface area contributed by atoms with Crippen LogP contribution in [0.5, 0.6) is 17.2 Å². The first-order chi connectivity index (χ1) is 10.7. The zero-order chi connectivity index (χ0) is 15.1. The number of hydrogen-bond acceptors (Lipinski definition) is 4. The second-order valence-corrected chi connectivity index (χ2v) is 5.71. The molecule has 0 spiro atoms. The molecule has 0 aromatic heterocycles. The molecule has 2 aliphatic heterocycles. The standard InChI is InChI=1S/C17H13ClO4/c18-11-2-4-14-12(8-11)13(19)9-16(22-14)10-1-3-15-17(7-10)21-6-5-20-15/h1-4,7-8,16H,5-6,9H2/t16-/m0/s1. The maximum atomic E-state index is 12.3. The van der Waals surface area contributed by atoms with Crippen LogP contribution in [0.1, 0.15) is 28.4 Å². The van der Waals surface area contributed by atoms with Crippen molar-refractivity contribution in [1.29, 1.82) is 0 Å². The predicted molar refractivity (Wildman–Crippen MR) is 81.2 cm³/mol. The normalized spacial score (nSPS) is 19.3. The third kappa shape index (κ3) is 2.29. The van der Waals surface area contributed by atoms with Gasteiger partial charge in [-0.25, -0.2) is 0 Å². The van der Waals surface area contributed by atoms with Crippen molar-refractivity contribution in [3.05, 3.63) is 52.5 Å². The van der Waals surface area contributed by atoms with E-state index in [-0.39, 0.29) is 18.3 Å². The third-order valence-corrected chi connectivity index (χ3v) is 4.06. The number of ether oxygens (including phenoxy) is 3. The topological polar surface area (TPSA) is 44.8 Å². The first kappa shape index (κ1) is 13.5. The van der Waals surface area contributed by atoms with Crippen LogP contribution in [0.4, 0.5) is 0 Å². The Kier molecular flexibility index (Phi) is 3.19.